The van der Waals surface area contributed by atoms with Crippen LogP contribution in [0.25, 0.3) is 0 Å². The molecule has 0 aromatic heterocycles. The van der Waals surface area contributed by atoms with Gasteiger partial charge < -0.3 is 10.4 Å². The Hall–Kier alpha value is -0.513. The van der Waals surface area contributed by atoms with Crippen molar-refractivity contribution in [2.24, 2.45) is 0 Å². The highest BCUT2D eigenvalue weighted by Gasteiger charge is 2.23. The number of hydrogen-bond donors (Lipinski definition) is 2. The number of carboxylic acid groups (broad SMARTS) is 1. The zero-order chi connectivity index (χ0) is 8.36. The van der Waals surface area contributed by atoms with Crippen LogP contribution in [0.5, 0.6) is 0 Å². The van der Waals surface area contributed by atoms with E-state index in [1.165, 1.54) is 0 Å². The van der Waals surface area contributed by atoms with Gasteiger partial charge in [0.1, 0.15) is 0 Å². The molecule has 1 unspecified atom stereocenters. The van der Waals surface area contributed by atoms with Crippen molar-refractivity contribution in [3.63, 3.8) is 0 Å². The van der Waals surface area contributed by atoms with Crippen molar-refractivity contribution in [1.82, 2.24) is 5.32 Å². The van der Waals surface area contributed by atoms with Crippen molar-refractivity contribution in [2.75, 3.05) is 0 Å². The molecule has 0 saturated carbocycles. The molecule has 0 heterocycles. The molecule has 0 spiro atoms. The van der Waals surface area contributed by atoms with Crippen LogP contribution in [0, 0.1) is 0 Å². The van der Waals surface area contributed by atoms with Crippen molar-refractivity contribution in [1.29, 1.82) is 0 Å². The van der Waals surface area contributed by atoms with Crippen LogP contribution in [0.3, 0.4) is 0 Å². The third-order valence-corrected chi connectivity index (χ3v) is 4.38. The van der Waals surface area contributed by atoms with E-state index in [0.29, 0.717) is 0 Å². The van der Waals surface area contributed by atoms with E-state index >= 15 is 0 Å². The van der Waals surface area contributed by atoms with Crippen LogP contribution < -0.4 is 5.32 Å². The molecule has 2 N–H and O–H groups in total. The van der Waals surface area contributed by atoms with E-state index in [4.69, 9.17) is 5.11 Å². The molecule has 10 heavy (non-hydrogen) atoms. The van der Waals surface area contributed by atoms with Gasteiger partial charge in [0.2, 0.25) is 0 Å². The lowest BCUT2D eigenvalue weighted by Gasteiger charge is -2.24. The molecule has 0 fully saturated rings. The Labute approximate surface area is 62.5 Å². The summed E-state index contributed by atoms with van der Waals surface area (Å²) in [5, 5.41) is 10.8. The van der Waals surface area contributed by atoms with E-state index in [0.717, 1.165) is 0 Å². The molecule has 0 bridgehead atoms. The van der Waals surface area contributed by atoms with Gasteiger partial charge in [-0.25, -0.2) is 4.79 Å². The summed E-state index contributed by atoms with van der Waals surface area (Å²) in [4.78, 5) is 10.2. The maximum atomic E-state index is 10.2. The van der Waals surface area contributed by atoms with Crippen LogP contribution in [0.2, 0.25) is 19.6 Å². The summed E-state index contributed by atoms with van der Waals surface area (Å²) in [5.41, 5.74) is 0.130. The highest BCUT2D eigenvalue weighted by Crippen LogP contribution is 2.05. The van der Waals surface area contributed by atoms with Crippen molar-refractivity contribution in [3.05, 3.63) is 0 Å². The first kappa shape index (κ1) is 9.49. The SMILES string of the molecule is CC(NC(=O)O)[Si](C)(C)C. The van der Waals surface area contributed by atoms with Gasteiger partial charge in [-0.1, -0.05) is 19.6 Å². The predicted octanol–water partition coefficient (Wildman–Crippen LogP) is 1.52. The van der Waals surface area contributed by atoms with E-state index in [1.54, 1.807) is 0 Å². The largest absolute Gasteiger partial charge is 0.465 e. The molecule has 4 heteroatoms. The van der Waals surface area contributed by atoms with E-state index in [1.807, 2.05) is 6.92 Å². The lowest BCUT2D eigenvalue weighted by molar-refractivity contribution is 0.193. The van der Waals surface area contributed by atoms with Gasteiger partial charge in [0.05, 0.1) is 8.07 Å². The van der Waals surface area contributed by atoms with E-state index in [9.17, 15) is 4.79 Å². The van der Waals surface area contributed by atoms with Gasteiger partial charge in [-0.2, -0.15) is 0 Å². The number of carbonyl (C=O) groups is 1. The number of amides is 1. The highest BCUT2D eigenvalue weighted by atomic mass is 28.3. The summed E-state index contributed by atoms with van der Waals surface area (Å²) in [6.45, 7) is 8.31. The van der Waals surface area contributed by atoms with Crippen LogP contribution >= 0.6 is 0 Å². The van der Waals surface area contributed by atoms with Gasteiger partial charge in [0.25, 0.3) is 0 Å². The van der Waals surface area contributed by atoms with Crippen LogP contribution in [-0.2, 0) is 0 Å². The molecule has 0 saturated heterocycles. The highest BCUT2D eigenvalue weighted by molar-refractivity contribution is 6.77. The van der Waals surface area contributed by atoms with E-state index in [-0.39, 0.29) is 5.67 Å². The Bertz CT molecular complexity index is 130. The first-order valence-corrected chi connectivity index (χ1v) is 6.91. The van der Waals surface area contributed by atoms with Gasteiger partial charge in [0.15, 0.2) is 0 Å². The smallest absolute Gasteiger partial charge is 0.404 e. The minimum Gasteiger partial charge on any atom is -0.465 e. The van der Waals surface area contributed by atoms with Crippen LogP contribution in [0.15, 0.2) is 0 Å². The number of hydrogen-bond acceptors (Lipinski definition) is 1. The Morgan fingerprint density at radius 1 is 1.50 bits per heavy atom. The minimum atomic E-state index is -1.32. The zero-order valence-corrected chi connectivity index (χ0v) is 7.93. The van der Waals surface area contributed by atoms with Crippen molar-refractivity contribution >= 4 is 14.2 Å². The Morgan fingerprint density at radius 2 is 1.90 bits per heavy atom. The van der Waals surface area contributed by atoms with Crippen molar-refractivity contribution in [2.45, 2.75) is 32.2 Å². The maximum Gasteiger partial charge on any atom is 0.404 e. The summed E-state index contributed by atoms with van der Waals surface area (Å²) in [7, 11) is -1.32. The molecular formula is C6H15NO2Si. The van der Waals surface area contributed by atoms with Crippen molar-refractivity contribution < 1.29 is 9.90 Å². The molecule has 1 amide bonds. The molecule has 0 rings (SSSR count). The molecule has 3 nitrogen and oxygen atoms in total. The molecule has 0 aromatic rings. The minimum absolute atomic E-state index is 0.130. The van der Waals surface area contributed by atoms with Crippen LogP contribution in [-0.4, -0.2) is 24.9 Å². The van der Waals surface area contributed by atoms with E-state index in [2.05, 4.69) is 25.0 Å². The lowest BCUT2D eigenvalue weighted by atomic mass is 10.7. The molecule has 0 aliphatic heterocycles. The summed E-state index contributed by atoms with van der Waals surface area (Å²) in [6, 6.07) is 0. The Balaban J connectivity index is 3.85. The summed E-state index contributed by atoms with van der Waals surface area (Å²) >= 11 is 0. The second-order valence-corrected chi connectivity index (χ2v) is 9.14. The Morgan fingerprint density at radius 3 is 2.00 bits per heavy atom. The standard InChI is InChI=1S/C6H15NO2Si/c1-5(7-6(8)9)10(2,3)4/h5,7H,1-4H3,(H,8,9). The maximum absolute atomic E-state index is 10.2. The van der Waals surface area contributed by atoms with Gasteiger partial charge in [-0.05, 0) is 6.92 Å². The third-order valence-electron chi connectivity index (χ3n) is 1.64. The van der Waals surface area contributed by atoms with E-state index < -0.39 is 14.2 Å². The fourth-order valence-electron chi connectivity index (χ4n) is 0.402. The molecule has 60 valence electrons. The first-order chi connectivity index (χ1) is 4.34. The molecule has 0 aliphatic carbocycles. The summed E-state index contributed by atoms with van der Waals surface area (Å²) in [6.07, 6.45) is -0.921. The van der Waals surface area contributed by atoms with Crippen molar-refractivity contribution in [3.8, 4) is 0 Å². The fourth-order valence-corrected chi connectivity index (χ4v) is 0.958. The normalized spacial score (nSPS) is 14.4. The van der Waals surface area contributed by atoms with Crippen LogP contribution in [0.1, 0.15) is 6.92 Å². The number of rotatable bonds is 2. The third kappa shape index (κ3) is 3.50. The summed E-state index contributed by atoms with van der Waals surface area (Å²) < 4.78 is 0. The predicted molar refractivity (Wildman–Crippen MR) is 44.0 cm³/mol. The average Bonchev–Trinajstić information content (AvgIpc) is 1.60. The molecule has 0 aromatic carbocycles. The first-order valence-electron chi connectivity index (χ1n) is 3.33. The average molecular weight is 161 g/mol. The van der Waals surface area contributed by atoms with Gasteiger partial charge in [0, 0.05) is 5.67 Å². The quantitative estimate of drug-likeness (QED) is 0.603. The Kier molecular flexibility index (Phi) is 2.89. The molecule has 0 radical (unpaired) electrons. The van der Waals surface area contributed by atoms with Crippen LogP contribution in [0.4, 0.5) is 4.79 Å². The monoisotopic (exact) mass is 161 g/mol. The second kappa shape index (κ2) is 3.05. The zero-order valence-electron chi connectivity index (χ0n) is 6.93. The molecule has 1 atom stereocenters. The van der Waals surface area contributed by atoms with Gasteiger partial charge in [-0.15, -0.1) is 0 Å². The summed E-state index contributed by atoms with van der Waals surface area (Å²) in [5.74, 6) is 0. The topological polar surface area (TPSA) is 49.3 Å². The molecule has 0 aliphatic rings. The fraction of sp³-hybridized carbons (Fsp3) is 0.833. The lowest BCUT2D eigenvalue weighted by Crippen LogP contribution is -2.48. The molecular weight excluding hydrogens is 146 g/mol. The second-order valence-electron chi connectivity index (χ2n) is 3.54. The number of nitrogens with one attached hydrogen (secondary N) is 1. The van der Waals surface area contributed by atoms with Gasteiger partial charge in [-0.3, -0.25) is 0 Å². The van der Waals surface area contributed by atoms with Gasteiger partial charge >= 0.3 is 6.09 Å².